The molecule has 9 heteroatoms. The van der Waals surface area contributed by atoms with E-state index in [0.717, 1.165) is 28.7 Å². The van der Waals surface area contributed by atoms with Crippen LogP contribution in [-0.2, 0) is 16.4 Å². The van der Waals surface area contributed by atoms with Crippen LogP contribution in [0.5, 0.6) is 5.75 Å². The maximum absolute atomic E-state index is 14.2. The summed E-state index contributed by atoms with van der Waals surface area (Å²) >= 11 is 0. The number of ether oxygens (including phenoxy) is 1. The van der Waals surface area contributed by atoms with Gasteiger partial charge in [-0.15, -0.1) is 0 Å². The number of hydrogen-bond donors (Lipinski definition) is 2. The first-order valence-corrected chi connectivity index (χ1v) is 10.6. The summed E-state index contributed by atoms with van der Waals surface area (Å²) in [7, 11) is -3.45. The Labute approximate surface area is 165 Å². The highest BCUT2D eigenvalue weighted by Crippen LogP contribution is 2.40. The fraction of sp³-hybridized carbons (Fsp3) is 0.200. The van der Waals surface area contributed by atoms with Crippen molar-refractivity contribution < 1.29 is 26.3 Å². The van der Waals surface area contributed by atoms with Crippen molar-refractivity contribution in [2.75, 3.05) is 11.0 Å². The molecule has 0 aromatic heterocycles. The summed E-state index contributed by atoms with van der Waals surface area (Å²) in [6, 6.07) is 9.04. The van der Waals surface area contributed by atoms with E-state index in [1.807, 2.05) is 0 Å². The molecule has 4 rings (SSSR count). The molecule has 1 aliphatic heterocycles. The lowest BCUT2D eigenvalue weighted by Crippen LogP contribution is -2.38. The van der Waals surface area contributed by atoms with Crippen molar-refractivity contribution in [1.82, 2.24) is 0 Å². The predicted molar refractivity (Wildman–Crippen MR) is 104 cm³/mol. The normalized spacial score (nSPS) is 18.9. The van der Waals surface area contributed by atoms with E-state index in [9.17, 15) is 21.6 Å². The summed E-state index contributed by atoms with van der Waals surface area (Å²) < 4.78 is 72.4. The van der Waals surface area contributed by atoms with Crippen LogP contribution in [0.25, 0.3) is 10.8 Å². The number of rotatable bonds is 3. The van der Waals surface area contributed by atoms with E-state index in [2.05, 4.69) is 4.72 Å². The van der Waals surface area contributed by atoms with Crippen LogP contribution in [0.3, 0.4) is 0 Å². The van der Waals surface area contributed by atoms with Crippen molar-refractivity contribution in [1.29, 1.82) is 0 Å². The second-order valence-electron chi connectivity index (χ2n) is 7.05. The summed E-state index contributed by atoms with van der Waals surface area (Å²) in [6.45, 7) is 0. The fourth-order valence-electron chi connectivity index (χ4n) is 3.58. The lowest BCUT2D eigenvalue weighted by atomic mass is 9.90. The Morgan fingerprint density at radius 3 is 2.45 bits per heavy atom. The van der Waals surface area contributed by atoms with Crippen LogP contribution in [0.1, 0.15) is 17.2 Å². The first-order valence-electron chi connectivity index (χ1n) is 8.72. The third kappa shape index (κ3) is 3.75. The summed E-state index contributed by atoms with van der Waals surface area (Å²) in [4.78, 5) is 0. The zero-order valence-corrected chi connectivity index (χ0v) is 16.1. The molecule has 0 aliphatic carbocycles. The SMILES string of the molecule is CS(=O)(=O)Nc1ccc2ccc3c(c2c1)C[C@H](N)[C@@H](c1cc(F)c(F)cc1F)O3. The van der Waals surface area contributed by atoms with Crippen molar-refractivity contribution in [2.24, 2.45) is 5.73 Å². The van der Waals surface area contributed by atoms with Crippen LogP contribution in [0.4, 0.5) is 18.9 Å². The van der Waals surface area contributed by atoms with Crippen molar-refractivity contribution in [2.45, 2.75) is 18.6 Å². The third-order valence-corrected chi connectivity index (χ3v) is 5.43. The van der Waals surface area contributed by atoms with Gasteiger partial charge in [-0.2, -0.15) is 0 Å². The van der Waals surface area contributed by atoms with Crippen molar-refractivity contribution in [3.8, 4) is 5.75 Å². The zero-order valence-electron chi connectivity index (χ0n) is 15.2. The van der Waals surface area contributed by atoms with Crippen LogP contribution in [0, 0.1) is 17.5 Å². The minimum absolute atomic E-state index is 0.158. The number of hydrogen-bond acceptors (Lipinski definition) is 4. The molecule has 0 saturated carbocycles. The van der Waals surface area contributed by atoms with Crippen LogP contribution in [0.2, 0.25) is 0 Å². The minimum Gasteiger partial charge on any atom is -0.484 e. The molecule has 1 heterocycles. The second-order valence-corrected chi connectivity index (χ2v) is 8.80. The number of nitrogens with one attached hydrogen (secondary N) is 1. The van der Waals surface area contributed by atoms with Crippen molar-refractivity contribution in [3.63, 3.8) is 0 Å². The molecule has 0 fully saturated rings. The molecule has 0 amide bonds. The molecule has 1 aliphatic rings. The van der Waals surface area contributed by atoms with Gasteiger partial charge in [-0.25, -0.2) is 21.6 Å². The summed E-state index contributed by atoms with van der Waals surface area (Å²) in [5.74, 6) is -2.98. The topological polar surface area (TPSA) is 81.4 Å². The molecule has 3 aromatic carbocycles. The van der Waals surface area contributed by atoms with E-state index < -0.39 is 39.6 Å². The van der Waals surface area contributed by atoms with Gasteiger partial charge < -0.3 is 10.5 Å². The Morgan fingerprint density at radius 2 is 1.72 bits per heavy atom. The molecular formula is C20H17F3N2O3S. The molecule has 2 atom stereocenters. The van der Waals surface area contributed by atoms with E-state index in [1.54, 1.807) is 30.3 Å². The Morgan fingerprint density at radius 1 is 1.03 bits per heavy atom. The van der Waals surface area contributed by atoms with Gasteiger partial charge in [0.2, 0.25) is 10.0 Å². The third-order valence-electron chi connectivity index (χ3n) is 4.82. The van der Waals surface area contributed by atoms with Gasteiger partial charge >= 0.3 is 0 Å². The monoisotopic (exact) mass is 422 g/mol. The molecule has 29 heavy (non-hydrogen) atoms. The summed E-state index contributed by atoms with van der Waals surface area (Å²) in [5.41, 5.74) is 7.15. The smallest absolute Gasteiger partial charge is 0.229 e. The fourth-order valence-corrected chi connectivity index (χ4v) is 4.13. The molecule has 3 aromatic rings. The molecule has 5 nitrogen and oxygen atoms in total. The van der Waals surface area contributed by atoms with Crippen LogP contribution < -0.4 is 15.2 Å². The summed E-state index contributed by atoms with van der Waals surface area (Å²) in [5, 5.41) is 1.58. The van der Waals surface area contributed by atoms with E-state index in [0.29, 0.717) is 17.5 Å². The first-order chi connectivity index (χ1) is 13.6. The zero-order chi connectivity index (χ0) is 20.9. The van der Waals surface area contributed by atoms with Gasteiger partial charge in [-0.05, 0) is 41.5 Å². The number of sulfonamides is 1. The highest BCUT2D eigenvalue weighted by molar-refractivity contribution is 7.92. The molecule has 0 bridgehead atoms. The molecule has 0 unspecified atom stereocenters. The Balaban J connectivity index is 1.77. The molecule has 3 N–H and O–H groups in total. The highest BCUT2D eigenvalue weighted by atomic mass is 32.2. The lowest BCUT2D eigenvalue weighted by molar-refractivity contribution is 0.149. The number of fused-ring (bicyclic) bond motifs is 3. The Hall–Kier alpha value is -2.78. The second kappa shape index (κ2) is 6.93. The van der Waals surface area contributed by atoms with Gasteiger partial charge in [0, 0.05) is 22.9 Å². The highest BCUT2D eigenvalue weighted by Gasteiger charge is 2.32. The van der Waals surface area contributed by atoms with Gasteiger partial charge in [-0.1, -0.05) is 12.1 Å². The standard InChI is InChI=1S/C20H17F3N2O3S/c1-29(26,27)25-11-4-2-10-3-5-19-13(12(10)6-11)8-18(24)20(28-19)14-7-16(22)17(23)9-15(14)21/h2-7,9,18,20,25H,8,24H2,1H3/t18-,20+/m0/s1. The largest absolute Gasteiger partial charge is 0.484 e. The van der Waals surface area contributed by atoms with Gasteiger partial charge in [-0.3, -0.25) is 4.72 Å². The van der Waals surface area contributed by atoms with Gasteiger partial charge in [0.15, 0.2) is 11.6 Å². The number of anilines is 1. The molecule has 0 spiro atoms. The average molecular weight is 422 g/mol. The maximum Gasteiger partial charge on any atom is 0.229 e. The lowest BCUT2D eigenvalue weighted by Gasteiger charge is -2.32. The number of benzene rings is 3. The molecule has 0 saturated heterocycles. The minimum atomic E-state index is -3.45. The molecule has 152 valence electrons. The first kappa shape index (κ1) is 19.5. The number of nitrogens with two attached hydrogens (primary N) is 1. The maximum atomic E-state index is 14.2. The number of halogens is 3. The van der Waals surface area contributed by atoms with E-state index in [4.69, 9.17) is 10.5 Å². The van der Waals surface area contributed by atoms with Crippen LogP contribution in [0.15, 0.2) is 42.5 Å². The Bertz CT molecular complexity index is 1230. The average Bonchev–Trinajstić information content (AvgIpc) is 2.63. The summed E-state index contributed by atoms with van der Waals surface area (Å²) in [6.07, 6.45) is 0.336. The Kier molecular flexibility index (Phi) is 4.66. The quantitative estimate of drug-likeness (QED) is 0.632. The van der Waals surface area contributed by atoms with E-state index in [-0.39, 0.29) is 12.0 Å². The van der Waals surface area contributed by atoms with Gasteiger partial charge in [0.1, 0.15) is 17.7 Å². The van der Waals surface area contributed by atoms with Crippen molar-refractivity contribution in [3.05, 3.63) is 71.0 Å². The molecular weight excluding hydrogens is 405 g/mol. The van der Waals surface area contributed by atoms with Gasteiger partial charge in [0.25, 0.3) is 0 Å². The van der Waals surface area contributed by atoms with Crippen LogP contribution >= 0.6 is 0 Å². The van der Waals surface area contributed by atoms with E-state index >= 15 is 0 Å². The van der Waals surface area contributed by atoms with Crippen molar-refractivity contribution >= 4 is 26.5 Å². The molecule has 0 radical (unpaired) electrons. The van der Waals surface area contributed by atoms with Crippen LogP contribution in [-0.4, -0.2) is 20.7 Å². The van der Waals surface area contributed by atoms with Gasteiger partial charge in [0.05, 0.1) is 12.3 Å². The predicted octanol–water partition coefficient (Wildman–Crippen LogP) is 3.63. The van der Waals surface area contributed by atoms with E-state index in [1.165, 1.54) is 0 Å².